The molecule has 2 aromatic rings. The monoisotopic (exact) mass is 302 g/mol. The lowest BCUT2D eigenvalue weighted by Crippen LogP contribution is -2.36. The van der Waals surface area contributed by atoms with Gasteiger partial charge in [-0.15, -0.1) is 0 Å². The van der Waals surface area contributed by atoms with Crippen LogP contribution in [0.2, 0.25) is 0 Å². The van der Waals surface area contributed by atoms with E-state index >= 15 is 0 Å². The molecule has 1 aliphatic rings. The Bertz CT molecular complexity index is 600. The third-order valence-corrected chi connectivity index (χ3v) is 4.53. The van der Waals surface area contributed by atoms with Crippen LogP contribution in [0.3, 0.4) is 0 Å². The lowest BCUT2D eigenvalue weighted by atomic mass is 10.1. The summed E-state index contributed by atoms with van der Waals surface area (Å²) in [5.74, 6) is 0. The first-order valence-electron chi connectivity index (χ1n) is 8.13. The smallest absolute Gasteiger partial charge is 0.0704 e. The molecular formula is C18H26N2O2. The highest BCUT2D eigenvalue weighted by molar-refractivity contribution is 5.80. The summed E-state index contributed by atoms with van der Waals surface area (Å²) in [6.07, 6.45) is 4.77. The molecule has 4 heteroatoms. The van der Waals surface area contributed by atoms with Gasteiger partial charge in [-0.1, -0.05) is 6.07 Å². The molecule has 120 valence electrons. The molecule has 0 N–H and O–H groups in total. The fraction of sp³-hybridized carbons (Fsp3) is 0.556. The number of ether oxygens (including phenoxy) is 2. The van der Waals surface area contributed by atoms with Gasteiger partial charge in [-0.3, -0.25) is 4.90 Å². The largest absolute Gasteiger partial charge is 0.382 e. The quantitative estimate of drug-likeness (QED) is 0.768. The molecule has 22 heavy (non-hydrogen) atoms. The highest BCUT2D eigenvalue weighted by atomic mass is 16.5. The molecule has 1 aromatic heterocycles. The Morgan fingerprint density at radius 1 is 1.14 bits per heavy atom. The van der Waals surface area contributed by atoms with Crippen LogP contribution < -0.4 is 0 Å². The maximum Gasteiger partial charge on any atom is 0.0704 e. The van der Waals surface area contributed by atoms with E-state index < -0.39 is 0 Å². The summed E-state index contributed by atoms with van der Waals surface area (Å²) in [4.78, 5) is 2.53. The number of likely N-dealkylation sites (tertiary alicyclic amines) is 1. The number of nitrogens with zero attached hydrogens (tertiary/aromatic N) is 2. The van der Waals surface area contributed by atoms with Crippen LogP contribution in [-0.4, -0.2) is 49.0 Å². The normalized spacial score (nSPS) is 17.4. The van der Waals surface area contributed by atoms with Crippen LogP contribution in [0.25, 0.3) is 10.9 Å². The average molecular weight is 302 g/mol. The number of aryl methyl sites for hydroxylation is 1. The van der Waals surface area contributed by atoms with Crippen molar-refractivity contribution < 1.29 is 9.47 Å². The molecule has 0 amide bonds. The molecule has 1 aliphatic heterocycles. The molecule has 1 fully saturated rings. The van der Waals surface area contributed by atoms with Crippen molar-refractivity contribution in [2.45, 2.75) is 25.5 Å². The van der Waals surface area contributed by atoms with E-state index in [4.69, 9.17) is 9.47 Å². The van der Waals surface area contributed by atoms with Crippen molar-refractivity contribution in [2.75, 3.05) is 33.4 Å². The van der Waals surface area contributed by atoms with Gasteiger partial charge in [-0.25, -0.2) is 0 Å². The van der Waals surface area contributed by atoms with E-state index in [9.17, 15) is 0 Å². The predicted molar refractivity (Wildman–Crippen MR) is 89.0 cm³/mol. The first-order chi connectivity index (χ1) is 10.8. The molecule has 2 heterocycles. The van der Waals surface area contributed by atoms with Crippen LogP contribution in [-0.2, 0) is 23.1 Å². The number of piperidine rings is 1. The third-order valence-electron chi connectivity index (χ3n) is 4.53. The van der Waals surface area contributed by atoms with Crippen molar-refractivity contribution >= 4 is 10.9 Å². The Morgan fingerprint density at radius 2 is 1.95 bits per heavy atom. The second kappa shape index (κ2) is 7.27. The van der Waals surface area contributed by atoms with Gasteiger partial charge in [0.1, 0.15) is 0 Å². The van der Waals surface area contributed by atoms with Crippen molar-refractivity contribution in [3.05, 3.63) is 36.0 Å². The van der Waals surface area contributed by atoms with Crippen LogP contribution in [0, 0.1) is 0 Å². The van der Waals surface area contributed by atoms with E-state index in [2.05, 4.69) is 47.0 Å². The maximum atomic E-state index is 5.83. The number of rotatable bonds is 6. The van der Waals surface area contributed by atoms with E-state index in [0.717, 1.165) is 32.5 Å². The van der Waals surface area contributed by atoms with Crippen LogP contribution in [0.1, 0.15) is 18.4 Å². The number of fused-ring (bicyclic) bond motifs is 1. The zero-order valence-electron chi connectivity index (χ0n) is 13.6. The average Bonchev–Trinajstić information content (AvgIpc) is 2.90. The SMILES string of the molecule is COCCOC1CCN(Cc2ccc3c(ccn3C)c2)CC1. The molecular weight excluding hydrogens is 276 g/mol. The number of aromatic nitrogens is 1. The minimum atomic E-state index is 0.406. The summed E-state index contributed by atoms with van der Waals surface area (Å²) < 4.78 is 13.0. The second-order valence-corrected chi connectivity index (χ2v) is 6.16. The zero-order chi connectivity index (χ0) is 15.4. The Morgan fingerprint density at radius 3 is 2.73 bits per heavy atom. The van der Waals surface area contributed by atoms with E-state index in [1.807, 2.05) is 0 Å². The second-order valence-electron chi connectivity index (χ2n) is 6.16. The standard InChI is InChI=1S/C18H26N2O2/c1-19-8-5-16-13-15(3-4-18(16)19)14-20-9-6-17(7-10-20)22-12-11-21-2/h3-5,8,13,17H,6-7,9-12,14H2,1-2H3. The first-order valence-corrected chi connectivity index (χ1v) is 8.13. The lowest BCUT2D eigenvalue weighted by Gasteiger charge is -2.31. The summed E-state index contributed by atoms with van der Waals surface area (Å²) in [7, 11) is 3.81. The van der Waals surface area contributed by atoms with Gasteiger partial charge in [0, 0.05) is 45.5 Å². The molecule has 4 nitrogen and oxygen atoms in total. The minimum absolute atomic E-state index is 0.406. The highest BCUT2D eigenvalue weighted by Crippen LogP contribution is 2.20. The Labute approximate surface area is 132 Å². The maximum absolute atomic E-state index is 5.83. The predicted octanol–water partition coefficient (Wildman–Crippen LogP) is 2.81. The van der Waals surface area contributed by atoms with Crippen LogP contribution in [0.5, 0.6) is 0 Å². The molecule has 3 rings (SSSR count). The fourth-order valence-electron chi connectivity index (χ4n) is 3.22. The molecule has 1 saturated heterocycles. The molecule has 0 unspecified atom stereocenters. The van der Waals surface area contributed by atoms with E-state index in [0.29, 0.717) is 19.3 Å². The van der Waals surface area contributed by atoms with Gasteiger partial charge in [-0.05, 0) is 42.0 Å². The van der Waals surface area contributed by atoms with E-state index in [1.165, 1.54) is 16.5 Å². The van der Waals surface area contributed by atoms with Crippen LogP contribution >= 0.6 is 0 Å². The van der Waals surface area contributed by atoms with E-state index in [1.54, 1.807) is 7.11 Å². The van der Waals surface area contributed by atoms with Gasteiger partial charge < -0.3 is 14.0 Å². The third kappa shape index (κ3) is 3.69. The summed E-state index contributed by atoms with van der Waals surface area (Å²) in [6, 6.07) is 8.99. The van der Waals surface area contributed by atoms with Crippen molar-refractivity contribution in [3.8, 4) is 0 Å². The number of hydrogen-bond donors (Lipinski definition) is 0. The number of hydrogen-bond acceptors (Lipinski definition) is 3. The van der Waals surface area contributed by atoms with Crippen molar-refractivity contribution in [2.24, 2.45) is 7.05 Å². The first kappa shape index (κ1) is 15.5. The molecule has 0 aliphatic carbocycles. The fourth-order valence-corrected chi connectivity index (χ4v) is 3.22. The molecule has 0 spiro atoms. The summed E-state index contributed by atoms with van der Waals surface area (Å²) in [5.41, 5.74) is 2.70. The zero-order valence-corrected chi connectivity index (χ0v) is 13.6. The van der Waals surface area contributed by atoms with Gasteiger partial charge >= 0.3 is 0 Å². The van der Waals surface area contributed by atoms with Crippen molar-refractivity contribution in [1.29, 1.82) is 0 Å². The van der Waals surface area contributed by atoms with Crippen LogP contribution in [0.4, 0.5) is 0 Å². The van der Waals surface area contributed by atoms with Gasteiger partial charge in [0.2, 0.25) is 0 Å². The molecule has 0 saturated carbocycles. The summed E-state index contributed by atoms with van der Waals surface area (Å²) >= 11 is 0. The van der Waals surface area contributed by atoms with Crippen molar-refractivity contribution in [1.82, 2.24) is 9.47 Å². The Kier molecular flexibility index (Phi) is 5.13. The number of benzene rings is 1. The summed E-state index contributed by atoms with van der Waals surface area (Å²) in [6.45, 7) is 4.67. The molecule has 0 radical (unpaired) electrons. The topological polar surface area (TPSA) is 26.6 Å². The minimum Gasteiger partial charge on any atom is -0.382 e. The van der Waals surface area contributed by atoms with Gasteiger partial charge in [-0.2, -0.15) is 0 Å². The molecule has 1 aromatic carbocycles. The van der Waals surface area contributed by atoms with Gasteiger partial charge in [0.25, 0.3) is 0 Å². The number of methoxy groups -OCH3 is 1. The van der Waals surface area contributed by atoms with Gasteiger partial charge in [0.05, 0.1) is 19.3 Å². The molecule has 0 atom stereocenters. The van der Waals surface area contributed by atoms with Crippen molar-refractivity contribution in [3.63, 3.8) is 0 Å². The van der Waals surface area contributed by atoms with Crippen LogP contribution in [0.15, 0.2) is 30.5 Å². The Hall–Kier alpha value is -1.36. The lowest BCUT2D eigenvalue weighted by molar-refractivity contribution is -0.0158. The molecule has 0 bridgehead atoms. The summed E-state index contributed by atoms with van der Waals surface area (Å²) in [5, 5.41) is 1.33. The van der Waals surface area contributed by atoms with Gasteiger partial charge in [0.15, 0.2) is 0 Å². The Balaban J connectivity index is 1.51. The van der Waals surface area contributed by atoms with E-state index in [-0.39, 0.29) is 0 Å². The highest BCUT2D eigenvalue weighted by Gasteiger charge is 2.19.